The van der Waals surface area contributed by atoms with E-state index < -0.39 is 44.3 Å². The Bertz CT molecular complexity index is 1420. The van der Waals surface area contributed by atoms with Gasteiger partial charge in [-0.25, -0.2) is 9.78 Å². The minimum absolute atomic E-state index is 0.237. The van der Waals surface area contributed by atoms with Crippen LogP contribution in [0.5, 0.6) is 0 Å². The van der Waals surface area contributed by atoms with E-state index in [-0.39, 0.29) is 11.5 Å². The molecule has 0 aliphatic carbocycles. The van der Waals surface area contributed by atoms with Gasteiger partial charge in [-0.3, -0.25) is 4.98 Å². The van der Waals surface area contributed by atoms with E-state index >= 15 is 0 Å². The molecule has 0 unspecified atom stereocenters. The Morgan fingerprint density at radius 2 is 1.68 bits per heavy atom. The molecule has 0 fully saturated rings. The highest BCUT2D eigenvalue weighted by Gasteiger charge is 2.17. The Labute approximate surface area is 199 Å². The summed E-state index contributed by atoms with van der Waals surface area (Å²) in [5.74, 6) is -2.69. The number of benzene rings is 2. The average Bonchev–Trinajstić information content (AvgIpc) is 2.87. The monoisotopic (exact) mass is 430 g/mol. The zero-order chi connectivity index (χ0) is 31.9. The van der Waals surface area contributed by atoms with E-state index in [9.17, 15) is 4.79 Å². The Kier molecular flexibility index (Phi) is 4.33. The van der Waals surface area contributed by atoms with Gasteiger partial charge in [-0.1, -0.05) is 60.7 Å². The third-order valence-corrected chi connectivity index (χ3v) is 4.00. The van der Waals surface area contributed by atoms with Crippen LogP contribution in [0.25, 0.3) is 22.5 Å². The molecule has 0 amide bonds. The van der Waals surface area contributed by atoms with Gasteiger partial charge in [0.25, 0.3) is 0 Å². The van der Waals surface area contributed by atoms with Gasteiger partial charge in [0.2, 0.25) is 0 Å². The highest BCUT2D eigenvalue weighted by atomic mass is 16.5. The number of rotatable bonds is 11. The van der Waals surface area contributed by atoms with Crippen LogP contribution in [0.3, 0.4) is 0 Å². The fourth-order valence-corrected chi connectivity index (χ4v) is 2.69. The summed E-state index contributed by atoms with van der Waals surface area (Å²) in [6.07, 6.45) is -6.87. The Hall–Kier alpha value is -3.25. The molecule has 0 aliphatic heterocycles. The molecule has 0 bridgehead atoms. The molecule has 2 aromatic carbocycles. The molecule has 31 heavy (non-hydrogen) atoms. The van der Waals surface area contributed by atoms with E-state index in [1.807, 2.05) is 0 Å². The summed E-state index contributed by atoms with van der Waals surface area (Å²) < 4.78 is 94.6. The second kappa shape index (κ2) is 11.2. The van der Waals surface area contributed by atoms with Crippen molar-refractivity contribution in [3.05, 3.63) is 66.9 Å². The van der Waals surface area contributed by atoms with Gasteiger partial charge in [0.15, 0.2) is 0 Å². The first kappa shape index (κ1) is 12.0. The second-order valence-electron chi connectivity index (χ2n) is 6.41. The van der Waals surface area contributed by atoms with Crippen molar-refractivity contribution >= 4 is 11.8 Å². The quantitative estimate of drug-likeness (QED) is 0.466. The smallest absolute Gasteiger partial charge is 0.329 e. The number of nitrogens with zero attached hydrogens (tertiary/aromatic N) is 3. The highest BCUT2D eigenvalue weighted by Crippen LogP contribution is 2.30. The molecule has 3 aromatic rings. The minimum Gasteiger partial charge on any atom is -0.480 e. The molecule has 6 nitrogen and oxygen atoms in total. The lowest BCUT2D eigenvalue weighted by atomic mass is 10.0. The van der Waals surface area contributed by atoms with Crippen molar-refractivity contribution in [1.82, 2.24) is 9.97 Å². The Balaban J connectivity index is 2.23. The Morgan fingerprint density at radius 3 is 2.26 bits per heavy atom. The SMILES string of the molecule is [2H]C([2H])(OC([2H])([2H])C([2H])([2H])C([2H])([2H])C([2H])([2H])N(c1cnc(-c2ccccc2)c(-c2ccccc2)n1)C([2H])(C)C)C(=O)O. The number of ether oxygens (including phenoxy) is 1. The van der Waals surface area contributed by atoms with E-state index in [4.69, 9.17) is 20.2 Å². The lowest BCUT2D eigenvalue weighted by Gasteiger charge is -2.28. The normalized spacial score (nSPS) is 18.8. The van der Waals surface area contributed by atoms with Crippen LogP contribution in [0.2, 0.25) is 0 Å². The van der Waals surface area contributed by atoms with E-state index in [1.54, 1.807) is 60.7 Å². The van der Waals surface area contributed by atoms with Gasteiger partial charge in [-0.15, -0.1) is 0 Å². The lowest BCUT2D eigenvalue weighted by Crippen LogP contribution is -2.33. The van der Waals surface area contributed by atoms with E-state index in [0.29, 0.717) is 21.7 Å². The predicted molar refractivity (Wildman–Crippen MR) is 123 cm³/mol. The molecule has 0 saturated heterocycles. The van der Waals surface area contributed by atoms with Crippen molar-refractivity contribution in [3.63, 3.8) is 0 Å². The maximum absolute atomic E-state index is 11.2. The predicted octanol–water partition coefficient (Wildman–Crippen LogP) is 4.91. The van der Waals surface area contributed by atoms with E-state index in [0.717, 1.165) is 6.20 Å². The van der Waals surface area contributed by atoms with Crippen LogP contribution >= 0.6 is 0 Å². The first-order chi connectivity index (χ1) is 19.1. The lowest BCUT2D eigenvalue weighted by molar-refractivity contribution is -0.142. The minimum atomic E-state index is -4.03. The molecule has 6 heteroatoms. The first-order valence-electron chi connectivity index (χ1n) is 14.8. The molecule has 1 heterocycles. The van der Waals surface area contributed by atoms with Gasteiger partial charge < -0.3 is 14.7 Å². The van der Waals surface area contributed by atoms with Crippen LogP contribution in [0.15, 0.2) is 66.9 Å². The van der Waals surface area contributed by atoms with Gasteiger partial charge >= 0.3 is 5.97 Å². The van der Waals surface area contributed by atoms with Crippen LogP contribution in [0.4, 0.5) is 5.82 Å². The van der Waals surface area contributed by atoms with Crippen molar-refractivity contribution in [2.45, 2.75) is 32.6 Å². The number of aromatic nitrogens is 2. The third kappa shape index (κ3) is 6.36. The molecule has 0 radical (unpaired) electrons. The van der Waals surface area contributed by atoms with Crippen molar-refractivity contribution in [2.75, 3.05) is 24.5 Å². The maximum atomic E-state index is 11.2. The maximum Gasteiger partial charge on any atom is 0.329 e. The fraction of sp³-hybridized carbons (Fsp3) is 0.320. The van der Waals surface area contributed by atoms with Gasteiger partial charge in [-0.2, -0.15) is 0 Å². The molecule has 0 aliphatic rings. The number of carboxylic acid groups (broad SMARTS) is 1. The average molecular weight is 431 g/mol. The van der Waals surface area contributed by atoms with Crippen LogP contribution in [0.1, 0.15) is 41.7 Å². The molecule has 3 rings (SSSR count). The van der Waals surface area contributed by atoms with Crippen molar-refractivity contribution in [2.24, 2.45) is 0 Å². The van der Waals surface area contributed by atoms with Crippen molar-refractivity contribution in [3.8, 4) is 22.5 Å². The summed E-state index contributed by atoms with van der Waals surface area (Å²) in [7, 11) is 0. The van der Waals surface area contributed by atoms with Crippen LogP contribution in [-0.2, 0) is 9.53 Å². The number of carboxylic acids is 1. The van der Waals surface area contributed by atoms with Crippen LogP contribution in [0, 0.1) is 0 Å². The molecule has 1 N–H and O–H groups in total. The number of aliphatic carboxylic acids is 1. The number of hydrogen-bond acceptors (Lipinski definition) is 5. The van der Waals surface area contributed by atoms with Crippen LogP contribution in [-0.4, -0.2) is 46.7 Å². The Morgan fingerprint density at radius 1 is 1.06 bits per heavy atom. The standard InChI is InChI=1S/C25H29N3O3/c1-19(2)28(15-9-10-16-31-18-23(29)30)22-17-26-24(20-11-5-3-6-12-20)25(27-22)21-13-7-4-8-14-21/h3-8,11-14,17,19H,9-10,15-16,18H2,1-2H3,(H,29,30)/i9D2,10D2,15D2,16D2,18D2,19D. The summed E-state index contributed by atoms with van der Waals surface area (Å²) >= 11 is 0. The molecule has 1 aromatic heterocycles. The summed E-state index contributed by atoms with van der Waals surface area (Å²) in [5, 5.41) is 9.00. The highest BCUT2D eigenvalue weighted by molar-refractivity contribution is 5.78. The van der Waals surface area contributed by atoms with Gasteiger partial charge in [0.05, 0.1) is 24.4 Å². The largest absolute Gasteiger partial charge is 0.480 e. The number of carbonyl (C=O) groups is 1. The third-order valence-electron chi connectivity index (χ3n) is 4.00. The number of anilines is 1. The second-order valence-corrected chi connectivity index (χ2v) is 6.41. The topological polar surface area (TPSA) is 75.5 Å². The molecule has 162 valence electrons. The van der Waals surface area contributed by atoms with Gasteiger partial charge in [0.1, 0.15) is 12.4 Å². The van der Waals surface area contributed by atoms with Gasteiger partial charge in [0, 0.05) is 38.4 Å². The first-order valence-corrected chi connectivity index (χ1v) is 9.30. The summed E-state index contributed by atoms with van der Waals surface area (Å²) in [6.45, 7) is -9.02. The molecule has 0 saturated carbocycles. The molecular formula is C25H29N3O3. The van der Waals surface area contributed by atoms with Crippen molar-refractivity contribution < 1.29 is 29.7 Å². The summed E-state index contributed by atoms with van der Waals surface area (Å²) in [4.78, 5) is 20.7. The zero-order valence-corrected chi connectivity index (χ0v) is 17.0. The fourth-order valence-electron chi connectivity index (χ4n) is 2.69. The van der Waals surface area contributed by atoms with Crippen molar-refractivity contribution in [1.29, 1.82) is 0 Å². The molecule has 0 atom stereocenters. The number of hydrogen-bond donors (Lipinski definition) is 1. The van der Waals surface area contributed by atoms with E-state index in [2.05, 4.69) is 14.7 Å². The van der Waals surface area contributed by atoms with Gasteiger partial charge in [-0.05, 0) is 26.6 Å². The summed E-state index contributed by atoms with van der Waals surface area (Å²) in [6, 6.07) is 15.5. The zero-order valence-electron chi connectivity index (χ0n) is 28.0. The molecule has 0 spiro atoms. The van der Waals surface area contributed by atoms with Crippen LogP contribution < -0.4 is 4.90 Å². The molecular weight excluding hydrogens is 390 g/mol. The van der Waals surface area contributed by atoms with E-state index in [1.165, 1.54) is 13.8 Å². The summed E-state index contributed by atoms with van der Waals surface area (Å²) in [5.41, 5.74) is 1.82.